The summed E-state index contributed by atoms with van der Waals surface area (Å²) in [6, 6.07) is 9.38. The molecule has 2 aliphatic rings. The third-order valence-corrected chi connectivity index (χ3v) is 6.22. The molecule has 2 heterocycles. The Balaban J connectivity index is 1.51. The van der Waals surface area contributed by atoms with E-state index >= 15 is 0 Å². The van der Waals surface area contributed by atoms with E-state index in [4.69, 9.17) is 31.2 Å². The van der Waals surface area contributed by atoms with Gasteiger partial charge in [-0.05, 0) is 74.9 Å². The third kappa shape index (κ3) is 5.52. The molecule has 0 unspecified atom stereocenters. The van der Waals surface area contributed by atoms with Crippen LogP contribution >= 0.6 is 23.4 Å². The molecule has 182 valence electrons. The average molecular weight is 513 g/mol. The number of amidine groups is 2. The maximum absolute atomic E-state index is 12.6. The number of aryl methyl sites for hydroxylation is 2. The van der Waals surface area contributed by atoms with Gasteiger partial charge in [0, 0.05) is 0 Å². The van der Waals surface area contributed by atoms with Gasteiger partial charge in [-0.15, -0.1) is 0 Å². The number of thioether (sulfide) groups is 1. The molecule has 0 spiro atoms. The molecule has 0 atom stereocenters. The zero-order valence-corrected chi connectivity index (χ0v) is 21.4. The third-order valence-electron chi connectivity index (χ3n) is 5.12. The van der Waals surface area contributed by atoms with E-state index in [9.17, 15) is 4.79 Å². The number of aliphatic imine (C=N–C) groups is 1. The van der Waals surface area contributed by atoms with Gasteiger partial charge in [-0.2, -0.15) is 15.1 Å². The van der Waals surface area contributed by atoms with Crippen LogP contribution in [0.5, 0.6) is 17.2 Å². The fourth-order valence-electron chi connectivity index (χ4n) is 3.59. The second-order valence-corrected chi connectivity index (χ2v) is 9.44. The van der Waals surface area contributed by atoms with Crippen molar-refractivity contribution in [3.63, 3.8) is 0 Å². The lowest BCUT2D eigenvalue weighted by Gasteiger charge is -2.20. The van der Waals surface area contributed by atoms with Crippen molar-refractivity contribution in [3.05, 3.63) is 57.6 Å². The number of halogens is 1. The summed E-state index contributed by atoms with van der Waals surface area (Å²) in [6.07, 6.45) is 1.56. The molecule has 0 saturated carbocycles. The SMILES string of the molecule is CCOc1cc(/C=C2\C(=N)N3N=C(C)SC3=NC2=O)cc(Cl)c1OCCOc1ccc(C)cc1C. The minimum Gasteiger partial charge on any atom is -0.490 e. The number of hydrogen-bond acceptors (Lipinski definition) is 7. The number of nitrogens with zero attached hydrogens (tertiary/aromatic N) is 3. The monoisotopic (exact) mass is 512 g/mol. The van der Waals surface area contributed by atoms with Crippen LogP contribution in [-0.2, 0) is 4.79 Å². The Morgan fingerprint density at radius 2 is 1.86 bits per heavy atom. The highest BCUT2D eigenvalue weighted by Gasteiger charge is 2.34. The molecule has 1 N–H and O–H groups in total. The van der Waals surface area contributed by atoms with Crippen LogP contribution in [0.4, 0.5) is 0 Å². The molecule has 0 fully saturated rings. The van der Waals surface area contributed by atoms with Crippen LogP contribution < -0.4 is 14.2 Å². The van der Waals surface area contributed by atoms with Gasteiger partial charge < -0.3 is 14.2 Å². The van der Waals surface area contributed by atoms with Gasteiger partial charge in [0.25, 0.3) is 5.91 Å². The van der Waals surface area contributed by atoms with Crippen LogP contribution in [0.1, 0.15) is 30.5 Å². The fraction of sp³-hybridized carbons (Fsp3) is 0.280. The molecule has 35 heavy (non-hydrogen) atoms. The summed E-state index contributed by atoms with van der Waals surface area (Å²) in [6.45, 7) is 8.68. The Morgan fingerprint density at radius 1 is 1.09 bits per heavy atom. The highest BCUT2D eigenvalue weighted by atomic mass is 35.5. The topological polar surface area (TPSA) is 96.6 Å². The maximum atomic E-state index is 12.6. The van der Waals surface area contributed by atoms with Gasteiger partial charge in [-0.3, -0.25) is 10.2 Å². The predicted molar refractivity (Wildman–Crippen MR) is 140 cm³/mol. The summed E-state index contributed by atoms with van der Waals surface area (Å²) in [5.74, 6) is 1.09. The van der Waals surface area contributed by atoms with Crippen molar-refractivity contribution in [2.45, 2.75) is 27.7 Å². The normalized spacial score (nSPS) is 16.3. The van der Waals surface area contributed by atoms with Gasteiger partial charge in [-0.1, -0.05) is 29.3 Å². The number of rotatable bonds is 8. The van der Waals surface area contributed by atoms with Gasteiger partial charge in [0.15, 0.2) is 17.3 Å². The molecule has 10 heteroatoms. The van der Waals surface area contributed by atoms with Crippen molar-refractivity contribution in [2.75, 3.05) is 19.8 Å². The van der Waals surface area contributed by atoms with Crippen molar-refractivity contribution in [3.8, 4) is 17.2 Å². The lowest BCUT2D eigenvalue weighted by Crippen LogP contribution is -2.35. The zero-order valence-electron chi connectivity index (χ0n) is 19.8. The molecule has 0 radical (unpaired) electrons. The lowest BCUT2D eigenvalue weighted by atomic mass is 10.1. The summed E-state index contributed by atoms with van der Waals surface area (Å²) >= 11 is 7.79. The van der Waals surface area contributed by atoms with E-state index in [-0.39, 0.29) is 18.0 Å². The largest absolute Gasteiger partial charge is 0.490 e. The van der Waals surface area contributed by atoms with Crippen LogP contribution in [0.25, 0.3) is 6.08 Å². The van der Waals surface area contributed by atoms with Crippen molar-refractivity contribution in [1.82, 2.24) is 5.01 Å². The van der Waals surface area contributed by atoms with Crippen molar-refractivity contribution in [2.24, 2.45) is 10.1 Å². The van der Waals surface area contributed by atoms with Gasteiger partial charge in [0.05, 0.1) is 22.2 Å². The number of carbonyl (C=O) groups is 1. The Morgan fingerprint density at radius 3 is 2.60 bits per heavy atom. The Bertz CT molecular complexity index is 1290. The number of fused-ring (bicyclic) bond motifs is 1. The molecule has 8 nitrogen and oxygen atoms in total. The molecule has 0 aromatic heterocycles. The standard InChI is InChI=1S/C25H25ClN4O4S/c1-5-32-21-13-17(11-18-23(27)30-25(28-24(18)31)35-16(4)29-30)12-19(26)22(21)34-9-8-33-20-7-6-14(2)10-15(20)3/h6-7,10-13,27H,5,8-9H2,1-4H3/b18-11+,27-23?. The van der Waals surface area contributed by atoms with Gasteiger partial charge in [-0.25, -0.2) is 0 Å². The number of amides is 1. The quantitative estimate of drug-likeness (QED) is 0.373. The first-order valence-electron chi connectivity index (χ1n) is 11.0. The molecule has 2 aliphatic heterocycles. The van der Waals surface area contributed by atoms with E-state index < -0.39 is 5.91 Å². The van der Waals surface area contributed by atoms with Crippen LogP contribution in [-0.4, -0.2) is 46.8 Å². The highest BCUT2D eigenvalue weighted by molar-refractivity contribution is 8.26. The minimum atomic E-state index is -0.503. The smallest absolute Gasteiger partial charge is 0.283 e. The molecular weight excluding hydrogens is 488 g/mol. The lowest BCUT2D eigenvalue weighted by molar-refractivity contribution is -0.114. The van der Waals surface area contributed by atoms with Gasteiger partial charge >= 0.3 is 0 Å². The van der Waals surface area contributed by atoms with E-state index in [2.05, 4.69) is 16.2 Å². The Labute approximate surface area is 213 Å². The number of carbonyl (C=O) groups excluding carboxylic acids is 1. The molecule has 1 amide bonds. The molecule has 0 aliphatic carbocycles. The molecule has 2 aromatic carbocycles. The second-order valence-electron chi connectivity index (χ2n) is 7.87. The maximum Gasteiger partial charge on any atom is 0.283 e. The number of hydrazone groups is 1. The Kier molecular flexibility index (Phi) is 7.47. The number of benzene rings is 2. The highest BCUT2D eigenvalue weighted by Crippen LogP contribution is 2.38. The van der Waals surface area contributed by atoms with Crippen LogP contribution in [0.2, 0.25) is 5.02 Å². The molecule has 2 aromatic rings. The van der Waals surface area contributed by atoms with Crippen molar-refractivity contribution >= 4 is 51.4 Å². The summed E-state index contributed by atoms with van der Waals surface area (Å²) in [5, 5.41) is 15.4. The van der Waals surface area contributed by atoms with Crippen molar-refractivity contribution < 1.29 is 19.0 Å². The first kappa shape index (κ1) is 24.8. The summed E-state index contributed by atoms with van der Waals surface area (Å²) < 4.78 is 17.5. The molecule has 0 saturated heterocycles. The van der Waals surface area contributed by atoms with E-state index in [1.807, 2.05) is 32.9 Å². The summed E-state index contributed by atoms with van der Waals surface area (Å²) in [7, 11) is 0. The van der Waals surface area contributed by atoms with Gasteiger partial charge in [0.2, 0.25) is 5.17 Å². The van der Waals surface area contributed by atoms with Crippen molar-refractivity contribution in [1.29, 1.82) is 5.41 Å². The van der Waals surface area contributed by atoms with Gasteiger partial charge in [0.1, 0.15) is 19.0 Å². The van der Waals surface area contributed by atoms with Crippen LogP contribution in [0.15, 0.2) is 46.0 Å². The minimum absolute atomic E-state index is 0.0395. The average Bonchev–Trinajstić information content (AvgIpc) is 3.17. The zero-order chi connectivity index (χ0) is 25.1. The summed E-state index contributed by atoms with van der Waals surface area (Å²) in [5.41, 5.74) is 2.93. The number of ether oxygens (including phenoxy) is 3. The number of nitrogens with one attached hydrogen (secondary N) is 1. The predicted octanol–water partition coefficient (Wildman–Crippen LogP) is 5.45. The summed E-state index contributed by atoms with van der Waals surface area (Å²) in [4.78, 5) is 16.6. The first-order valence-corrected chi connectivity index (χ1v) is 12.2. The first-order chi connectivity index (χ1) is 16.8. The fourth-order valence-corrected chi connectivity index (χ4v) is 4.59. The van der Waals surface area contributed by atoms with Crippen LogP contribution in [0, 0.1) is 19.3 Å². The molecule has 0 bridgehead atoms. The molecule has 4 rings (SSSR count). The van der Waals surface area contributed by atoms with E-state index in [1.165, 1.54) is 22.3 Å². The van der Waals surface area contributed by atoms with E-state index in [0.29, 0.717) is 45.5 Å². The Hall–Kier alpha value is -3.30. The number of hydrogen-bond donors (Lipinski definition) is 1. The van der Waals surface area contributed by atoms with E-state index in [1.54, 1.807) is 25.1 Å². The van der Waals surface area contributed by atoms with E-state index in [0.717, 1.165) is 11.3 Å². The molecular formula is C25H25ClN4O4S. The van der Waals surface area contributed by atoms with Crippen LogP contribution in [0.3, 0.4) is 0 Å². The second kappa shape index (κ2) is 10.5.